The Morgan fingerprint density at radius 3 is 2.47 bits per heavy atom. The average molecular weight is 240 g/mol. The third-order valence-corrected chi connectivity index (χ3v) is 4.71. The van der Waals surface area contributed by atoms with E-state index in [1.807, 2.05) is 11.9 Å². The summed E-state index contributed by atoms with van der Waals surface area (Å²) in [4.78, 5) is 14.3. The standard InChI is InChI=1S/C14H28N2O/c1-6-14(3,4)16(5)13(17)11-8-7-10(2)12(15)9-11/h10-12H,6-9,15H2,1-5H3. The summed E-state index contributed by atoms with van der Waals surface area (Å²) < 4.78 is 0. The molecule has 2 N–H and O–H groups in total. The highest BCUT2D eigenvalue weighted by atomic mass is 16.2. The lowest BCUT2D eigenvalue weighted by molar-refractivity contribution is -0.140. The maximum Gasteiger partial charge on any atom is 0.225 e. The molecule has 1 aliphatic carbocycles. The van der Waals surface area contributed by atoms with Crippen molar-refractivity contribution in [2.24, 2.45) is 17.6 Å². The fourth-order valence-electron chi connectivity index (χ4n) is 2.39. The molecule has 1 rings (SSSR count). The number of carbonyl (C=O) groups excluding carboxylic acids is 1. The average Bonchev–Trinajstić information content (AvgIpc) is 2.30. The van der Waals surface area contributed by atoms with Crippen molar-refractivity contribution in [3.05, 3.63) is 0 Å². The zero-order valence-electron chi connectivity index (χ0n) is 12.0. The molecule has 1 saturated carbocycles. The van der Waals surface area contributed by atoms with Gasteiger partial charge in [-0.25, -0.2) is 0 Å². The maximum absolute atomic E-state index is 12.4. The van der Waals surface area contributed by atoms with Crippen LogP contribution in [0.25, 0.3) is 0 Å². The Morgan fingerprint density at radius 2 is 2.00 bits per heavy atom. The Morgan fingerprint density at radius 1 is 1.41 bits per heavy atom. The Hall–Kier alpha value is -0.570. The third-order valence-electron chi connectivity index (χ3n) is 4.71. The maximum atomic E-state index is 12.4. The van der Waals surface area contributed by atoms with Crippen molar-refractivity contribution in [1.82, 2.24) is 4.90 Å². The molecular formula is C14H28N2O. The van der Waals surface area contributed by atoms with Crippen molar-refractivity contribution in [1.29, 1.82) is 0 Å². The zero-order valence-corrected chi connectivity index (χ0v) is 12.0. The van der Waals surface area contributed by atoms with Gasteiger partial charge >= 0.3 is 0 Å². The van der Waals surface area contributed by atoms with Crippen LogP contribution in [0.5, 0.6) is 0 Å². The summed E-state index contributed by atoms with van der Waals surface area (Å²) in [6.45, 7) is 8.55. The number of nitrogens with zero attached hydrogens (tertiary/aromatic N) is 1. The lowest BCUT2D eigenvalue weighted by atomic mass is 9.78. The molecule has 3 nitrogen and oxygen atoms in total. The van der Waals surface area contributed by atoms with Crippen LogP contribution in [0.3, 0.4) is 0 Å². The summed E-state index contributed by atoms with van der Waals surface area (Å²) in [5.41, 5.74) is 6.03. The molecular weight excluding hydrogens is 212 g/mol. The van der Waals surface area contributed by atoms with Crippen LogP contribution in [-0.2, 0) is 4.79 Å². The number of hydrogen-bond acceptors (Lipinski definition) is 2. The van der Waals surface area contributed by atoms with Gasteiger partial charge in [-0.2, -0.15) is 0 Å². The molecule has 3 unspecified atom stereocenters. The number of nitrogens with two attached hydrogens (primary N) is 1. The van der Waals surface area contributed by atoms with Crippen LogP contribution >= 0.6 is 0 Å². The van der Waals surface area contributed by atoms with Crippen molar-refractivity contribution < 1.29 is 4.79 Å². The second kappa shape index (κ2) is 5.38. The Balaban J connectivity index is 2.65. The van der Waals surface area contributed by atoms with E-state index in [1.165, 1.54) is 0 Å². The number of amides is 1. The van der Waals surface area contributed by atoms with Crippen molar-refractivity contribution in [2.75, 3.05) is 7.05 Å². The summed E-state index contributed by atoms with van der Waals surface area (Å²) in [6.07, 6.45) is 3.91. The lowest BCUT2D eigenvalue weighted by Crippen LogP contribution is -2.49. The van der Waals surface area contributed by atoms with Gasteiger partial charge in [-0.1, -0.05) is 13.8 Å². The molecule has 0 bridgehead atoms. The molecule has 1 amide bonds. The molecule has 0 aliphatic heterocycles. The number of hydrogen-bond donors (Lipinski definition) is 1. The van der Waals surface area contributed by atoms with Gasteiger partial charge < -0.3 is 10.6 Å². The molecule has 3 atom stereocenters. The fraction of sp³-hybridized carbons (Fsp3) is 0.929. The highest BCUT2D eigenvalue weighted by Gasteiger charge is 2.34. The van der Waals surface area contributed by atoms with E-state index in [9.17, 15) is 4.79 Å². The molecule has 0 aromatic carbocycles. The largest absolute Gasteiger partial charge is 0.340 e. The molecule has 0 aromatic heterocycles. The Bertz CT molecular complexity index is 275. The first-order valence-corrected chi connectivity index (χ1v) is 6.82. The van der Waals surface area contributed by atoms with Gasteiger partial charge in [0.1, 0.15) is 0 Å². The molecule has 1 fully saturated rings. The predicted octanol–water partition coefficient (Wildman–Crippen LogP) is 2.40. The van der Waals surface area contributed by atoms with Gasteiger partial charge in [0.2, 0.25) is 5.91 Å². The van der Waals surface area contributed by atoms with Crippen molar-refractivity contribution in [3.63, 3.8) is 0 Å². The van der Waals surface area contributed by atoms with Crippen molar-refractivity contribution in [2.45, 2.75) is 65.0 Å². The summed E-state index contributed by atoms with van der Waals surface area (Å²) in [6, 6.07) is 0.191. The van der Waals surface area contributed by atoms with E-state index in [0.29, 0.717) is 5.92 Å². The van der Waals surface area contributed by atoms with Crippen LogP contribution in [0, 0.1) is 11.8 Å². The van der Waals surface area contributed by atoms with E-state index >= 15 is 0 Å². The number of carbonyl (C=O) groups is 1. The van der Waals surface area contributed by atoms with Gasteiger partial charge in [0.15, 0.2) is 0 Å². The van der Waals surface area contributed by atoms with E-state index in [0.717, 1.165) is 25.7 Å². The normalized spacial score (nSPS) is 30.1. The number of rotatable bonds is 3. The fourth-order valence-corrected chi connectivity index (χ4v) is 2.39. The van der Waals surface area contributed by atoms with Crippen LogP contribution in [0.2, 0.25) is 0 Å². The zero-order chi connectivity index (χ0) is 13.2. The van der Waals surface area contributed by atoms with Gasteiger partial charge in [-0.05, 0) is 45.4 Å². The molecule has 0 spiro atoms. The van der Waals surface area contributed by atoms with E-state index in [4.69, 9.17) is 5.73 Å². The van der Waals surface area contributed by atoms with Gasteiger partial charge in [0, 0.05) is 24.5 Å². The van der Waals surface area contributed by atoms with Gasteiger partial charge in [0.05, 0.1) is 0 Å². The minimum Gasteiger partial charge on any atom is -0.340 e. The minimum atomic E-state index is -0.0513. The topological polar surface area (TPSA) is 46.3 Å². The molecule has 0 heterocycles. The lowest BCUT2D eigenvalue weighted by Gasteiger charge is -2.39. The van der Waals surface area contributed by atoms with Crippen LogP contribution < -0.4 is 5.73 Å². The van der Waals surface area contributed by atoms with Crippen molar-refractivity contribution in [3.8, 4) is 0 Å². The SMILES string of the molecule is CCC(C)(C)N(C)C(=O)C1CCC(C)C(N)C1. The molecule has 0 saturated heterocycles. The highest BCUT2D eigenvalue weighted by molar-refractivity contribution is 5.79. The van der Waals surface area contributed by atoms with E-state index < -0.39 is 0 Å². The second-order valence-corrected chi connectivity index (χ2v) is 6.21. The van der Waals surface area contributed by atoms with E-state index in [1.54, 1.807) is 0 Å². The second-order valence-electron chi connectivity index (χ2n) is 6.21. The first-order chi connectivity index (χ1) is 7.79. The summed E-state index contributed by atoms with van der Waals surface area (Å²) in [7, 11) is 1.93. The van der Waals surface area contributed by atoms with Gasteiger partial charge in [0.25, 0.3) is 0 Å². The van der Waals surface area contributed by atoms with E-state index in [-0.39, 0.29) is 23.4 Å². The monoisotopic (exact) mass is 240 g/mol. The summed E-state index contributed by atoms with van der Waals surface area (Å²) >= 11 is 0. The first kappa shape index (κ1) is 14.5. The molecule has 17 heavy (non-hydrogen) atoms. The summed E-state index contributed by atoms with van der Waals surface area (Å²) in [5.74, 6) is 0.972. The van der Waals surface area contributed by atoms with Crippen LogP contribution in [-0.4, -0.2) is 29.4 Å². The highest BCUT2D eigenvalue weighted by Crippen LogP contribution is 2.30. The summed E-state index contributed by atoms with van der Waals surface area (Å²) in [5, 5.41) is 0. The quantitative estimate of drug-likeness (QED) is 0.823. The van der Waals surface area contributed by atoms with Crippen LogP contribution in [0.4, 0.5) is 0 Å². The van der Waals surface area contributed by atoms with Crippen molar-refractivity contribution >= 4 is 5.91 Å². The van der Waals surface area contributed by atoms with Gasteiger partial charge in [-0.15, -0.1) is 0 Å². The van der Waals surface area contributed by atoms with Crippen LogP contribution in [0.1, 0.15) is 53.4 Å². The minimum absolute atomic E-state index is 0.0513. The smallest absolute Gasteiger partial charge is 0.225 e. The molecule has 100 valence electrons. The molecule has 1 aliphatic rings. The first-order valence-electron chi connectivity index (χ1n) is 6.82. The van der Waals surface area contributed by atoms with Gasteiger partial charge in [-0.3, -0.25) is 4.79 Å². The molecule has 0 aromatic rings. The van der Waals surface area contributed by atoms with E-state index in [2.05, 4.69) is 27.7 Å². The Kier molecular flexibility index (Phi) is 4.59. The molecule has 0 radical (unpaired) electrons. The molecule has 3 heteroatoms. The Labute approximate surface area is 106 Å². The third kappa shape index (κ3) is 3.21. The predicted molar refractivity (Wildman–Crippen MR) is 71.6 cm³/mol. The van der Waals surface area contributed by atoms with Crippen LogP contribution in [0.15, 0.2) is 0 Å².